The van der Waals surface area contributed by atoms with E-state index in [4.69, 9.17) is 0 Å². The van der Waals surface area contributed by atoms with Gasteiger partial charge in [0.25, 0.3) is 0 Å². The van der Waals surface area contributed by atoms with Gasteiger partial charge >= 0.3 is 5.97 Å². The van der Waals surface area contributed by atoms with Crippen molar-refractivity contribution in [2.75, 3.05) is 0 Å². The summed E-state index contributed by atoms with van der Waals surface area (Å²) in [5.41, 5.74) is 0.452. The van der Waals surface area contributed by atoms with Crippen molar-refractivity contribution >= 4 is 14.0 Å². The average Bonchev–Trinajstić information content (AvgIpc) is 2.71. The van der Waals surface area contributed by atoms with Crippen molar-refractivity contribution in [3.63, 3.8) is 0 Å². The van der Waals surface area contributed by atoms with Crippen LogP contribution in [0.5, 0.6) is 0 Å². The highest BCUT2D eigenvalue weighted by molar-refractivity contribution is 6.74. The molecular weight excluding hydrogens is 279 g/mol. The predicted molar refractivity (Wildman–Crippen MR) is 73.5 cm³/mol. The van der Waals surface area contributed by atoms with Crippen LogP contribution in [-0.4, -0.2) is 39.1 Å². The van der Waals surface area contributed by atoms with Gasteiger partial charge in [0.1, 0.15) is 11.5 Å². The number of aromatic carboxylic acids is 1. The highest BCUT2D eigenvalue weighted by atomic mass is 28.3. The molecule has 0 aliphatic rings. The highest BCUT2D eigenvalue weighted by Gasteiger charge is 2.25. The van der Waals surface area contributed by atoms with Gasteiger partial charge in [0.15, 0.2) is 5.69 Å². The molecule has 0 saturated heterocycles. The molecule has 2 rings (SSSR count). The third-order valence-electron chi connectivity index (χ3n) is 2.53. The molecule has 0 aromatic carbocycles. The second-order valence-corrected chi connectivity index (χ2v) is 11.1. The highest BCUT2D eigenvalue weighted by Crippen LogP contribution is 2.20. The summed E-state index contributed by atoms with van der Waals surface area (Å²) in [6.07, 6.45) is 1.57. The summed E-state index contributed by atoms with van der Waals surface area (Å²) in [6.45, 7) is 6.32. The first-order valence-corrected chi connectivity index (χ1v) is 9.77. The monoisotopic (exact) mass is 294 g/mol. The summed E-state index contributed by atoms with van der Waals surface area (Å²) in [5.74, 6) is -1.60. The molecule has 0 unspecified atom stereocenters. The molecular formula is C12H15FN4O2Si. The molecule has 0 saturated carbocycles. The first-order valence-electron chi connectivity index (χ1n) is 6.06. The fourth-order valence-electron chi connectivity index (χ4n) is 1.77. The summed E-state index contributed by atoms with van der Waals surface area (Å²) >= 11 is 0. The predicted octanol–water partition coefficient (Wildman–Crippen LogP) is 2.05. The van der Waals surface area contributed by atoms with Crippen LogP contribution in [0.25, 0.3) is 11.4 Å². The van der Waals surface area contributed by atoms with Gasteiger partial charge in [0, 0.05) is 6.17 Å². The van der Waals surface area contributed by atoms with Crippen molar-refractivity contribution in [2.45, 2.75) is 25.8 Å². The van der Waals surface area contributed by atoms with E-state index in [9.17, 15) is 14.3 Å². The summed E-state index contributed by atoms with van der Waals surface area (Å²) in [5, 5.41) is 17.2. The summed E-state index contributed by atoms with van der Waals surface area (Å²) in [6, 6.07) is 2.61. The van der Waals surface area contributed by atoms with Crippen LogP contribution in [0, 0.1) is 5.82 Å². The molecule has 0 atom stereocenters. The van der Waals surface area contributed by atoms with Crippen molar-refractivity contribution in [2.24, 2.45) is 0 Å². The van der Waals surface area contributed by atoms with Crippen LogP contribution in [0.3, 0.4) is 0 Å². The Balaban J connectivity index is 2.49. The van der Waals surface area contributed by atoms with Crippen molar-refractivity contribution in [1.82, 2.24) is 20.0 Å². The molecule has 2 heterocycles. The summed E-state index contributed by atoms with van der Waals surface area (Å²) in [4.78, 5) is 15.3. The van der Waals surface area contributed by atoms with Crippen LogP contribution in [0.4, 0.5) is 4.39 Å². The molecule has 106 valence electrons. The third kappa shape index (κ3) is 3.07. The Morgan fingerprint density at radius 2 is 2.10 bits per heavy atom. The smallest absolute Gasteiger partial charge is 0.356 e. The van der Waals surface area contributed by atoms with Crippen LogP contribution in [-0.2, 0) is 6.17 Å². The first-order chi connectivity index (χ1) is 9.28. The molecule has 0 spiro atoms. The van der Waals surface area contributed by atoms with Crippen molar-refractivity contribution in [1.29, 1.82) is 0 Å². The Morgan fingerprint density at radius 3 is 2.60 bits per heavy atom. The first kappa shape index (κ1) is 14.3. The van der Waals surface area contributed by atoms with Gasteiger partial charge < -0.3 is 5.11 Å². The molecule has 2 aromatic rings. The van der Waals surface area contributed by atoms with E-state index >= 15 is 0 Å². The minimum Gasteiger partial charge on any atom is -0.476 e. The molecule has 0 bridgehead atoms. The molecule has 0 aliphatic carbocycles. The normalized spacial score (nSPS) is 11.6. The standard InChI is InChI=1S/C12H15FN4O2Si/c1-20(2,3)7-17-11(12(18)19)10(15-16-17)9-5-4-8(13)6-14-9/h4-6H,7H2,1-3H3,(H,18,19). The van der Waals surface area contributed by atoms with Crippen LogP contribution in [0.15, 0.2) is 18.3 Å². The van der Waals surface area contributed by atoms with E-state index in [0.29, 0.717) is 11.9 Å². The lowest BCUT2D eigenvalue weighted by molar-refractivity contribution is 0.0685. The second-order valence-electron chi connectivity index (χ2n) is 5.67. The van der Waals surface area contributed by atoms with Crippen LogP contribution in [0.2, 0.25) is 19.6 Å². The minimum atomic E-state index is -1.56. The molecule has 0 amide bonds. The lowest BCUT2D eigenvalue weighted by Crippen LogP contribution is -2.30. The van der Waals surface area contributed by atoms with Gasteiger partial charge in [-0.2, -0.15) is 0 Å². The van der Waals surface area contributed by atoms with E-state index in [1.54, 1.807) is 0 Å². The Kier molecular flexibility index (Phi) is 3.67. The number of pyridine rings is 1. The molecule has 2 aromatic heterocycles. The molecule has 0 fully saturated rings. The molecule has 0 radical (unpaired) electrons. The zero-order valence-corrected chi connectivity index (χ0v) is 12.5. The fourth-order valence-corrected chi connectivity index (χ4v) is 2.89. The maximum absolute atomic E-state index is 12.9. The number of aromatic nitrogens is 4. The Labute approximate surface area is 116 Å². The SMILES string of the molecule is C[Si](C)(C)Cn1nnc(-c2ccc(F)cn2)c1C(=O)O. The van der Waals surface area contributed by atoms with E-state index in [1.807, 2.05) is 0 Å². The van der Waals surface area contributed by atoms with E-state index in [1.165, 1.54) is 16.8 Å². The molecule has 20 heavy (non-hydrogen) atoms. The van der Waals surface area contributed by atoms with Gasteiger partial charge in [-0.15, -0.1) is 5.10 Å². The Morgan fingerprint density at radius 1 is 1.40 bits per heavy atom. The van der Waals surface area contributed by atoms with E-state index in [0.717, 1.165) is 6.20 Å². The zero-order valence-electron chi connectivity index (χ0n) is 11.5. The van der Waals surface area contributed by atoms with Crippen LogP contribution in [0.1, 0.15) is 10.5 Å². The van der Waals surface area contributed by atoms with Gasteiger partial charge in [-0.3, -0.25) is 4.98 Å². The Hall–Kier alpha value is -2.09. The number of carbonyl (C=O) groups is 1. The number of hydrogen-bond donors (Lipinski definition) is 1. The van der Waals surface area contributed by atoms with E-state index in [-0.39, 0.29) is 11.4 Å². The summed E-state index contributed by atoms with van der Waals surface area (Å²) < 4.78 is 14.3. The average molecular weight is 294 g/mol. The number of rotatable bonds is 4. The van der Waals surface area contributed by atoms with Crippen LogP contribution >= 0.6 is 0 Å². The quantitative estimate of drug-likeness (QED) is 0.873. The zero-order chi connectivity index (χ0) is 14.9. The van der Waals surface area contributed by atoms with Gasteiger partial charge in [-0.1, -0.05) is 24.9 Å². The minimum absolute atomic E-state index is 0.00784. The second kappa shape index (κ2) is 5.12. The van der Waals surface area contributed by atoms with Crippen molar-refractivity contribution in [3.05, 3.63) is 29.8 Å². The lowest BCUT2D eigenvalue weighted by atomic mass is 10.2. The number of carboxylic acid groups (broad SMARTS) is 1. The van der Waals surface area contributed by atoms with E-state index in [2.05, 4.69) is 34.9 Å². The number of carboxylic acids is 1. The van der Waals surface area contributed by atoms with Gasteiger partial charge in [0.2, 0.25) is 0 Å². The lowest BCUT2D eigenvalue weighted by Gasteiger charge is -2.15. The number of nitrogens with zero attached hydrogens (tertiary/aromatic N) is 4. The number of halogens is 1. The largest absolute Gasteiger partial charge is 0.476 e. The van der Waals surface area contributed by atoms with Gasteiger partial charge in [-0.25, -0.2) is 13.9 Å². The molecule has 8 heteroatoms. The third-order valence-corrected chi connectivity index (χ3v) is 3.78. The van der Waals surface area contributed by atoms with E-state index < -0.39 is 19.9 Å². The van der Waals surface area contributed by atoms with Crippen molar-refractivity contribution < 1.29 is 14.3 Å². The fraction of sp³-hybridized carbons (Fsp3) is 0.333. The molecule has 6 nitrogen and oxygen atoms in total. The molecule has 1 N–H and O–H groups in total. The maximum atomic E-state index is 12.9. The summed E-state index contributed by atoms with van der Waals surface area (Å²) in [7, 11) is -1.56. The van der Waals surface area contributed by atoms with Crippen molar-refractivity contribution in [3.8, 4) is 11.4 Å². The van der Waals surface area contributed by atoms with Crippen LogP contribution < -0.4 is 0 Å². The topological polar surface area (TPSA) is 80.9 Å². The Bertz CT molecular complexity index is 634. The number of hydrogen-bond acceptors (Lipinski definition) is 4. The molecule has 0 aliphatic heterocycles. The van der Waals surface area contributed by atoms with Gasteiger partial charge in [0.05, 0.1) is 20.0 Å². The maximum Gasteiger partial charge on any atom is 0.356 e. The van der Waals surface area contributed by atoms with Gasteiger partial charge in [-0.05, 0) is 12.1 Å².